The molecule has 0 amide bonds. The molecule has 0 bridgehead atoms. The molecule has 1 N–H and O–H groups in total. The number of likely N-dealkylation sites (N-methyl/N-ethyl adjacent to an activating group) is 1. The second kappa shape index (κ2) is 8.30. The fourth-order valence-electron chi connectivity index (χ4n) is 2.10. The minimum absolute atomic E-state index is 0.125. The van der Waals surface area contributed by atoms with Crippen LogP contribution in [0.25, 0.3) is 0 Å². The number of rotatable bonds is 9. The lowest BCUT2D eigenvalue weighted by molar-refractivity contribution is -0.153. The van der Waals surface area contributed by atoms with Gasteiger partial charge in [0, 0.05) is 32.4 Å². The maximum absolute atomic E-state index is 5.67. The highest BCUT2D eigenvalue weighted by molar-refractivity contribution is 5.11. The number of hydrogen-bond donors (Lipinski definition) is 1. The molecule has 0 spiro atoms. The van der Waals surface area contributed by atoms with E-state index in [-0.39, 0.29) is 12.3 Å². The molecule has 0 saturated carbocycles. The largest absolute Gasteiger partial charge is 0.351 e. The maximum Gasteiger partial charge on any atom is 0.173 e. The average molecular weight is 269 g/mol. The van der Waals surface area contributed by atoms with Crippen LogP contribution in [0.3, 0.4) is 0 Å². The van der Waals surface area contributed by atoms with Crippen molar-refractivity contribution in [2.75, 3.05) is 20.3 Å². The van der Waals surface area contributed by atoms with Crippen molar-refractivity contribution in [1.29, 1.82) is 0 Å². The highest BCUT2D eigenvalue weighted by atomic mass is 16.7. The summed E-state index contributed by atoms with van der Waals surface area (Å²) in [5.41, 5.74) is 2.32. The molecule has 0 fully saturated rings. The summed E-state index contributed by atoms with van der Waals surface area (Å²) in [6.07, 6.45) is 1.57. The summed E-state index contributed by atoms with van der Waals surface area (Å²) in [6, 6.07) is 2.28. The molecule has 1 heterocycles. The van der Waals surface area contributed by atoms with Crippen molar-refractivity contribution in [2.24, 2.45) is 7.05 Å². The summed E-state index contributed by atoms with van der Waals surface area (Å²) in [5, 5.41) is 7.76. The van der Waals surface area contributed by atoms with Gasteiger partial charge >= 0.3 is 0 Å². The molecule has 0 radical (unpaired) electrons. The van der Waals surface area contributed by atoms with Crippen molar-refractivity contribution in [3.05, 3.63) is 17.5 Å². The van der Waals surface area contributed by atoms with Gasteiger partial charge in [-0.2, -0.15) is 5.10 Å². The number of aryl methyl sites for hydroxylation is 2. The Morgan fingerprint density at radius 2 is 1.89 bits per heavy atom. The fraction of sp³-hybridized carbons (Fsp3) is 0.786. The quantitative estimate of drug-likeness (QED) is 0.690. The molecule has 19 heavy (non-hydrogen) atoms. The summed E-state index contributed by atoms with van der Waals surface area (Å²) >= 11 is 0. The number of hydrogen-bond acceptors (Lipinski definition) is 4. The Morgan fingerprint density at radius 3 is 2.32 bits per heavy atom. The number of aromatic nitrogens is 2. The molecule has 0 aliphatic carbocycles. The predicted molar refractivity (Wildman–Crippen MR) is 76.2 cm³/mol. The molecule has 5 nitrogen and oxygen atoms in total. The maximum atomic E-state index is 5.67. The van der Waals surface area contributed by atoms with Crippen LogP contribution in [0.2, 0.25) is 0 Å². The summed E-state index contributed by atoms with van der Waals surface area (Å²) < 4.78 is 13.3. The first-order valence-corrected chi connectivity index (χ1v) is 7.08. The molecule has 0 aliphatic rings. The van der Waals surface area contributed by atoms with Crippen LogP contribution in [0, 0.1) is 0 Å². The van der Waals surface area contributed by atoms with E-state index in [0.717, 1.165) is 18.5 Å². The van der Waals surface area contributed by atoms with Gasteiger partial charge in [0.05, 0.1) is 11.7 Å². The van der Waals surface area contributed by atoms with Gasteiger partial charge in [0.25, 0.3) is 0 Å². The van der Waals surface area contributed by atoms with E-state index in [1.54, 1.807) is 0 Å². The molecule has 5 heteroatoms. The Bertz CT molecular complexity index is 360. The monoisotopic (exact) mass is 269 g/mol. The number of ether oxygens (including phenoxy) is 2. The van der Waals surface area contributed by atoms with Gasteiger partial charge in [0.1, 0.15) is 0 Å². The van der Waals surface area contributed by atoms with Gasteiger partial charge in [-0.15, -0.1) is 0 Å². The Morgan fingerprint density at radius 1 is 1.26 bits per heavy atom. The minimum atomic E-state index is -0.222. The summed E-state index contributed by atoms with van der Waals surface area (Å²) in [7, 11) is 3.92. The Balaban J connectivity index is 2.75. The van der Waals surface area contributed by atoms with E-state index in [4.69, 9.17) is 9.47 Å². The van der Waals surface area contributed by atoms with Crippen LogP contribution in [-0.2, 0) is 29.4 Å². The molecule has 0 aliphatic heterocycles. The molecule has 1 aromatic rings. The fourth-order valence-corrected chi connectivity index (χ4v) is 2.10. The van der Waals surface area contributed by atoms with Gasteiger partial charge in [-0.1, -0.05) is 6.92 Å². The van der Waals surface area contributed by atoms with Crippen molar-refractivity contribution in [2.45, 2.75) is 45.9 Å². The Kier molecular flexibility index (Phi) is 7.05. The van der Waals surface area contributed by atoms with E-state index < -0.39 is 0 Å². The highest BCUT2D eigenvalue weighted by Gasteiger charge is 2.22. The third-order valence-electron chi connectivity index (χ3n) is 3.18. The minimum Gasteiger partial charge on any atom is -0.351 e. The lowest BCUT2D eigenvalue weighted by Gasteiger charge is -2.26. The summed E-state index contributed by atoms with van der Waals surface area (Å²) in [5.74, 6) is 0. The van der Waals surface area contributed by atoms with Crippen LogP contribution >= 0.6 is 0 Å². The van der Waals surface area contributed by atoms with E-state index >= 15 is 0 Å². The highest BCUT2D eigenvalue weighted by Crippen LogP contribution is 2.11. The van der Waals surface area contributed by atoms with Crippen LogP contribution in [0.4, 0.5) is 0 Å². The molecular formula is C14H27N3O2. The zero-order valence-electron chi connectivity index (χ0n) is 12.8. The Hall–Kier alpha value is -0.910. The molecule has 110 valence electrons. The lowest BCUT2D eigenvalue weighted by Crippen LogP contribution is -2.43. The van der Waals surface area contributed by atoms with Crippen molar-refractivity contribution in [1.82, 2.24) is 15.1 Å². The van der Waals surface area contributed by atoms with Crippen molar-refractivity contribution in [3.8, 4) is 0 Å². The smallest absolute Gasteiger partial charge is 0.173 e. The predicted octanol–water partition coefficient (Wildman–Crippen LogP) is 1.51. The number of nitrogens with zero attached hydrogens (tertiary/aromatic N) is 2. The van der Waals surface area contributed by atoms with Crippen LogP contribution in [0.5, 0.6) is 0 Å². The second-order valence-corrected chi connectivity index (χ2v) is 4.48. The third-order valence-corrected chi connectivity index (χ3v) is 3.18. The van der Waals surface area contributed by atoms with Crippen LogP contribution in [0.1, 0.15) is 32.2 Å². The normalized spacial score (nSPS) is 13.2. The molecule has 1 rings (SSSR count). The van der Waals surface area contributed by atoms with Gasteiger partial charge < -0.3 is 14.8 Å². The number of nitrogens with one attached hydrogen (secondary N) is 1. The molecule has 1 atom stereocenters. The van der Waals surface area contributed by atoms with E-state index in [1.807, 2.05) is 32.6 Å². The molecule has 0 aromatic carbocycles. The van der Waals surface area contributed by atoms with E-state index in [0.29, 0.717) is 13.2 Å². The molecule has 1 aromatic heterocycles. The van der Waals surface area contributed by atoms with E-state index in [1.165, 1.54) is 5.69 Å². The van der Waals surface area contributed by atoms with Gasteiger partial charge in [0.2, 0.25) is 0 Å². The standard InChI is InChI=1S/C14H27N3O2/c1-6-11-9-12(17(5)16-11)10-13(15-4)14(18-7-2)19-8-3/h9,13-15H,6-8,10H2,1-5H3. The van der Waals surface area contributed by atoms with Gasteiger partial charge in [-0.05, 0) is 33.4 Å². The summed E-state index contributed by atoms with van der Waals surface area (Å²) in [6.45, 7) is 7.38. The molecular weight excluding hydrogens is 242 g/mol. The van der Waals surface area contributed by atoms with E-state index in [9.17, 15) is 0 Å². The summed E-state index contributed by atoms with van der Waals surface area (Å²) in [4.78, 5) is 0. The molecule has 1 unspecified atom stereocenters. The SMILES string of the molecule is CCOC(OCC)C(Cc1cc(CC)nn1C)NC. The van der Waals surface area contributed by atoms with Gasteiger partial charge in [-0.25, -0.2) is 0 Å². The van der Waals surface area contributed by atoms with Crippen LogP contribution in [-0.4, -0.2) is 42.4 Å². The van der Waals surface area contributed by atoms with Crippen molar-refractivity contribution < 1.29 is 9.47 Å². The van der Waals surface area contributed by atoms with Crippen molar-refractivity contribution >= 4 is 0 Å². The zero-order valence-corrected chi connectivity index (χ0v) is 12.8. The average Bonchev–Trinajstić information content (AvgIpc) is 2.76. The first-order chi connectivity index (χ1) is 9.15. The first-order valence-electron chi connectivity index (χ1n) is 7.08. The second-order valence-electron chi connectivity index (χ2n) is 4.48. The van der Waals surface area contributed by atoms with E-state index in [2.05, 4.69) is 23.4 Å². The van der Waals surface area contributed by atoms with Gasteiger partial charge in [0.15, 0.2) is 6.29 Å². The zero-order chi connectivity index (χ0) is 14.3. The van der Waals surface area contributed by atoms with Crippen LogP contribution in [0.15, 0.2) is 6.07 Å². The topological polar surface area (TPSA) is 48.3 Å². The third kappa shape index (κ3) is 4.60. The van der Waals surface area contributed by atoms with Crippen molar-refractivity contribution in [3.63, 3.8) is 0 Å². The van der Waals surface area contributed by atoms with Gasteiger partial charge in [-0.3, -0.25) is 4.68 Å². The Labute approximate surface area is 116 Å². The van der Waals surface area contributed by atoms with Crippen LogP contribution < -0.4 is 5.32 Å². The first kappa shape index (κ1) is 16.1. The molecule has 0 saturated heterocycles. The lowest BCUT2D eigenvalue weighted by atomic mass is 10.1.